The average Bonchev–Trinajstić information content (AvgIpc) is 3.02. The van der Waals surface area contributed by atoms with Crippen LogP contribution in [0.3, 0.4) is 0 Å². The van der Waals surface area contributed by atoms with E-state index in [1.807, 2.05) is 0 Å². The summed E-state index contributed by atoms with van der Waals surface area (Å²) in [5.41, 5.74) is 0.991. The van der Waals surface area contributed by atoms with Crippen molar-refractivity contribution in [3.8, 4) is 11.5 Å². The maximum atomic E-state index is 12.0. The first-order valence-corrected chi connectivity index (χ1v) is 7.36. The van der Waals surface area contributed by atoms with Crippen molar-refractivity contribution in [3.05, 3.63) is 64.2 Å². The highest BCUT2D eigenvalue weighted by molar-refractivity contribution is 6.32. The van der Waals surface area contributed by atoms with Gasteiger partial charge in [0.15, 0.2) is 5.82 Å². The predicted octanol–water partition coefficient (Wildman–Crippen LogP) is 3.37. The van der Waals surface area contributed by atoms with E-state index in [1.165, 1.54) is 6.20 Å². The fourth-order valence-electron chi connectivity index (χ4n) is 1.87. The van der Waals surface area contributed by atoms with E-state index in [2.05, 4.69) is 20.4 Å². The van der Waals surface area contributed by atoms with E-state index in [0.29, 0.717) is 22.3 Å². The van der Waals surface area contributed by atoms with Gasteiger partial charge in [-0.2, -0.15) is 4.98 Å². The maximum absolute atomic E-state index is 12.0. The van der Waals surface area contributed by atoms with Crippen molar-refractivity contribution < 1.29 is 9.32 Å². The SMILES string of the molecule is O=C(NCc1noc(-c2cccc(Cl)c2)n1)c1cccnc1Cl. The number of benzene rings is 1. The van der Waals surface area contributed by atoms with Crippen LogP contribution >= 0.6 is 23.2 Å². The van der Waals surface area contributed by atoms with Gasteiger partial charge in [-0.1, -0.05) is 34.4 Å². The quantitative estimate of drug-likeness (QED) is 0.731. The molecule has 1 amide bonds. The summed E-state index contributed by atoms with van der Waals surface area (Å²) in [5, 5.41) is 7.18. The normalized spacial score (nSPS) is 10.5. The van der Waals surface area contributed by atoms with Crippen molar-refractivity contribution in [2.75, 3.05) is 0 Å². The summed E-state index contributed by atoms with van der Waals surface area (Å²) in [7, 11) is 0. The molecule has 0 aliphatic carbocycles. The van der Waals surface area contributed by atoms with E-state index >= 15 is 0 Å². The second kappa shape index (κ2) is 6.76. The molecule has 23 heavy (non-hydrogen) atoms. The highest BCUT2D eigenvalue weighted by atomic mass is 35.5. The third kappa shape index (κ3) is 3.67. The molecule has 3 rings (SSSR count). The minimum Gasteiger partial charge on any atom is -0.345 e. The summed E-state index contributed by atoms with van der Waals surface area (Å²) in [6.45, 7) is 0.105. The molecule has 2 aromatic heterocycles. The number of hydrogen-bond donors (Lipinski definition) is 1. The molecule has 0 bridgehead atoms. The molecule has 0 aliphatic heterocycles. The van der Waals surface area contributed by atoms with Crippen molar-refractivity contribution in [1.82, 2.24) is 20.4 Å². The molecule has 6 nitrogen and oxygen atoms in total. The Bertz CT molecular complexity index is 851. The molecule has 3 aromatic rings. The van der Waals surface area contributed by atoms with Crippen molar-refractivity contribution >= 4 is 29.1 Å². The predicted molar refractivity (Wildman–Crippen MR) is 85.2 cm³/mol. The van der Waals surface area contributed by atoms with Gasteiger partial charge in [-0.05, 0) is 30.3 Å². The summed E-state index contributed by atoms with van der Waals surface area (Å²) >= 11 is 11.8. The van der Waals surface area contributed by atoms with Gasteiger partial charge < -0.3 is 9.84 Å². The lowest BCUT2D eigenvalue weighted by atomic mass is 10.2. The third-order valence-electron chi connectivity index (χ3n) is 2.95. The van der Waals surface area contributed by atoms with Gasteiger partial charge in [0.2, 0.25) is 0 Å². The first kappa shape index (κ1) is 15.5. The van der Waals surface area contributed by atoms with Gasteiger partial charge in [-0.25, -0.2) is 4.98 Å². The molecular formula is C15H10Cl2N4O2. The average molecular weight is 349 g/mol. The zero-order chi connectivity index (χ0) is 16.2. The highest BCUT2D eigenvalue weighted by Gasteiger charge is 2.13. The van der Waals surface area contributed by atoms with E-state index < -0.39 is 0 Å². The monoisotopic (exact) mass is 348 g/mol. The van der Waals surface area contributed by atoms with Crippen molar-refractivity contribution in [3.63, 3.8) is 0 Å². The Labute approximate surface area is 141 Å². The van der Waals surface area contributed by atoms with Crippen LogP contribution in [0.2, 0.25) is 10.2 Å². The Hall–Kier alpha value is -2.44. The fraction of sp³-hybridized carbons (Fsp3) is 0.0667. The lowest BCUT2D eigenvalue weighted by Crippen LogP contribution is -2.23. The van der Waals surface area contributed by atoms with Gasteiger partial charge in [-0.15, -0.1) is 0 Å². The third-order valence-corrected chi connectivity index (χ3v) is 3.49. The molecule has 0 fully saturated rings. The number of amides is 1. The molecule has 1 N–H and O–H groups in total. The smallest absolute Gasteiger partial charge is 0.258 e. The van der Waals surface area contributed by atoms with Crippen molar-refractivity contribution in [1.29, 1.82) is 0 Å². The molecule has 0 radical (unpaired) electrons. The lowest BCUT2D eigenvalue weighted by Gasteiger charge is -2.03. The number of halogens is 2. The summed E-state index contributed by atoms with van der Waals surface area (Å²) in [5.74, 6) is 0.307. The molecule has 1 aromatic carbocycles. The number of nitrogens with zero attached hydrogens (tertiary/aromatic N) is 3. The van der Waals surface area contributed by atoms with E-state index in [0.717, 1.165) is 0 Å². The van der Waals surface area contributed by atoms with Gasteiger partial charge in [0.25, 0.3) is 11.8 Å². The molecule has 0 aliphatic rings. The number of carbonyl (C=O) groups is 1. The van der Waals surface area contributed by atoms with Crippen LogP contribution in [-0.4, -0.2) is 21.0 Å². The molecule has 116 valence electrons. The summed E-state index contributed by atoms with van der Waals surface area (Å²) in [4.78, 5) is 20.1. The van der Waals surface area contributed by atoms with Gasteiger partial charge in [-0.3, -0.25) is 4.79 Å². The molecule has 8 heteroatoms. The van der Waals surface area contributed by atoms with Crippen molar-refractivity contribution in [2.24, 2.45) is 0 Å². The van der Waals surface area contributed by atoms with Crippen LogP contribution < -0.4 is 5.32 Å². The highest BCUT2D eigenvalue weighted by Crippen LogP contribution is 2.20. The molecule has 0 saturated carbocycles. The second-order valence-corrected chi connectivity index (χ2v) is 5.35. The van der Waals surface area contributed by atoms with E-state index in [1.54, 1.807) is 36.4 Å². The van der Waals surface area contributed by atoms with Gasteiger partial charge in [0.1, 0.15) is 5.15 Å². The molecular weight excluding hydrogens is 339 g/mol. The van der Waals surface area contributed by atoms with E-state index in [4.69, 9.17) is 27.7 Å². The number of carbonyl (C=O) groups excluding carboxylic acids is 1. The minimum absolute atomic E-state index is 0.105. The maximum Gasteiger partial charge on any atom is 0.258 e. The van der Waals surface area contributed by atoms with Gasteiger partial charge in [0.05, 0.1) is 12.1 Å². The Morgan fingerprint density at radius 2 is 2.09 bits per heavy atom. The van der Waals surface area contributed by atoms with Crippen LogP contribution in [0, 0.1) is 0 Å². The van der Waals surface area contributed by atoms with Crippen LogP contribution in [0.25, 0.3) is 11.5 Å². The van der Waals surface area contributed by atoms with E-state index in [9.17, 15) is 4.79 Å². The molecule has 0 saturated heterocycles. The Morgan fingerprint density at radius 3 is 2.87 bits per heavy atom. The molecule has 0 unspecified atom stereocenters. The van der Waals surface area contributed by atoms with Crippen molar-refractivity contribution in [2.45, 2.75) is 6.54 Å². The number of nitrogens with one attached hydrogen (secondary N) is 1. The number of aromatic nitrogens is 3. The van der Waals surface area contributed by atoms with E-state index in [-0.39, 0.29) is 23.2 Å². The van der Waals surface area contributed by atoms with Crippen LogP contribution in [0.4, 0.5) is 0 Å². The summed E-state index contributed by atoms with van der Waals surface area (Å²) in [6, 6.07) is 10.3. The van der Waals surface area contributed by atoms with Crippen LogP contribution in [0.5, 0.6) is 0 Å². The number of rotatable bonds is 4. The lowest BCUT2D eigenvalue weighted by molar-refractivity contribution is 0.0949. The van der Waals surface area contributed by atoms with Crippen LogP contribution in [-0.2, 0) is 6.54 Å². The Balaban J connectivity index is 1.68. The number of hydrogen-bond acceptors (Lipinski definition) is 5. The molecule has 0 spiro atoms. The summed E-state index contributed by atoms with van der Waals surface area (Å²) < 4.78 is 5.16. The zero-order valence-electron chi connectivity index (χ0n) is 11.7. The molecule has 0 atom stereocenters. The first-order chi connectivity index (χ1) is 11.1. The van der Waals surface area contributed by atoms with Crippen LogP contribution in [0.15, 0.2) is 47.1 Å². The van der Waals surface area contributed by atoms with Gasteiger partial charge in [0, 0.05) is 16.8 Å². The Kier molecular flexibility index (Phi) is 4.55. The zero-order valence-corrected chi connectivity index (χ0v) is 13.2. The fourth-order valence-corrected chi connectivity index (χ4v) is 2.27. The molecule has 2 heterocycles. The standard InChI is InChI=1S/C15H10Cl2N4O2/c16-10-4-1-3-9(7-10)15-20-12(21-23-15)8-19-14(22)11-5-2-6-18-13(11)17/h1-7H,8H2,(H,19,22). The van der Waals surface area contributed by atoms with Gasteiger partial charge >= 0.3 is 0 Å². The second-order valence-electron chi connectivity index (χ2n) is 4.55. The first-order valence-electron chi connectivity index (χ1n) is 6.61. The van der Waals surface area contributed by atoms with Crippen LogP contribution in [0.1, 0.15) is 16.2 Å². The Morgan fingerprint density at radius 1 is 1.22 bits per heavy atom. The minimum atomic E-state index is -0.364. The number of pyridine rings is 1. The largest absolute Gasteiger partial charge is 0.345 e. The summed E-state index contributed by atoms with van der Waals surface area (Å²) in [6.07, 6.45) is 1.51. The topological polar surface area (TPSA) is 80.9 Å².